The molecule has 25 heavy (non-hydrogen) atoms. The summed E-state index contributed by atoms with van der Waals surface area (Å²) in [5.74, 6) is -0.110. The first-order chi connectivity index (χ1) is 12.2. The molecule has 2 aromatic carbocycles. The van der Waals surface area contributed by atoms with Gasteiger partial charge in [-0.1, -0.05) is 60.8 Å². The molecular weight excluding hydrogens is 328 g/mol. The molecule has 0 aliphatic carbocycles. The summed E-state index contributed by atoms with van der Waals surface area (Å²) in [6, 6.07) is 16.0. The summed E-state index contributed by atoms with van der Waals surface area (Å²) in [7, 11) is 0. The maximum Gasteiger partial charge on any atom is 0.257 e. The first-order valence-corrected chi connectivity index (χ1v) is 9.12. The van der Waals surface area contributed by atoms with Gasteiger partial charge in [0.1, 0.15) is 0 Å². The molecule has 126 valence electrons. The zero-order valence-electron chi connectivity index (χ0n) is 14.3. The standard InChI is InChI=1S/C21H20N2OS/c1-3-5-6-11-20(24)23(17-14-12-16(4-2)13-15-17)21-22-18-9-7-8-10-19(18)25-21/h3,5-15H,4H2,1-2H3. The summed E-state index contributed by atoms with van der Waals surface area (Å²) < 4.78 is 1.07. The second kappa shape index (κ2) is 7.90. The predicted octanol–water partition coefficient (Wildman–Crippen LogP) is 5.66. The number of amides is 1. The van der Waals surface area contributed by atoms with Crippen LogP contribution in [0.1, 0.15) is 19.4 Å². The maximum absolute atomic E-state index is 12.8. The second-order valence-electron chi connectivity index (χ2n) is 5.54. The van der Waals surface area contributed by atoms with Gasteiger partial charge in [0.15, 0.2) is 5.13 Å². The zero-order valence-corrected chi connectivity index (χ0v) is 15.2. The summed E-state index contributed by atoms with van der Waals surface area (Å²) in [5, 5.41) is 0.681. The molecule has 1 heterocycles. The Morgan fingerprint density at radius 3 is 2.56 bits per heavy atom. The SMILES string of the molecule is CC=CC=CC(=O)N(c1ccc(CC)cc1)c1nc2ccccc2s1. The number of hydrogen-bond donors (Lipinski definition) is 0. The molecule has 0 bridgehead atoms. The molecular formula is C21H20N2OS. The van der Waals surface area contributed by atoms with Crippen molar-refractivity contribution in [3.05, 3.63) is 78.4 Å². The molecule has 4 heteroatoms. The molecule has 0 spiro atoms. The number of allylic oxidation sites excluding steroid dienone is 3. The van der Waals surface area contributed by atoms with Crippen molar-refractivity contribution in [1.82, 2.24) is 4.98 Å². The van der Waals surface area contributed by atoms with Gasteiger partial charge in [0.05, 0.1) is 15.9 Å². The largest absolute Gasteiger partial charge is 0.269 e. The molecule has 0 aliphatic rings. The van der Waals surface area contributed by atoms with E-state index < -0.39 is 0 Å². The highest BCUT2D eigenvalue weighted by Gasteiger charge is 2.19. The molecule has 1 amide bonds. The number of benzene rings is 2. The minimum Gasteiger partial charge on any atom is -0.269 e. The van der Waals surface area contributed by atoms with Crippen molar-refractivity contribution in [3.8, 4) is 0 Å². The number of nitrogens with zero attached hydrogens (tertiary/aromatic N) is 2. The number of aryl methyl sites for hydroxylation is 1. The normalized spacial score (nSPS) is 11.6. The summed E-state index contributed by atoms with van der Waals surface area (Å²) >= 11 is 1.52. The van der Waals surface area contributed by atoms with E-state index in [4.69, 9.17) is 0 Å². The summed E-state index contributed by atoms with van der Waals surface area (Å²) in [6.07, 6.45) is 8.02. The number of aromatic nitrogens is 1. The summed E-state index contributed by atoms with van der Waals surface area (Å²) in [4.78, 5) is 19.1. The van der Waals surface area contributed by atoms with Crippen LogP contribution in [0.5, 0.6) is 0 Å². The van der Waals surface area contributed by atoms with Crippen LogP contribution in [0, 0.1) is 0 Å². The van der Waals surface area contributed by atoms with Crippen LogP contribution >= 0.6 is 11.3 Å². The van der Waals surface area contributed by atoms with E-state index in [1.807, 2.05) is 55.5 Å². The van der Waals surface area contributed by atoms with Gasteiger partial charge >= 0.3 is 0 Å². The van der Waals surface area contributed by atoms with Crippen LogP contribution in [0.25, 0.3) is 10.2 Å². The van der Waals surface area contributed by atoms with Crippen LogP contribution in [0.15, 0.2) is 72.8 Å². The van der Waals surface area contributed by atoms with Gasteiger partial charge in [0.25, 0.3) is 5.91 Å². The predicted molar refractivity (Wildman–Crippen MR) is 107 cm³/mol. The van der Waals surface area contributed by atoms with Crippen molar-refractivity contribution in [2.75, 3.05) is 4.90 Å². The molecule has 0 unspecified atom stereocenters. The zero-order chi connectivity index (χ0) is 17.6. The van der Waals surface area contributed by atoms with Crippen LogP contribution in [0.4, 0.5) is 10.8 Å². The van der Waals surface area contributed by atoms with Gasteiger partial charge in [-0.3, -0.25) is 9.69 Å². The number of rotatable bonds is 5. The van der Waals surface area contributed by atoms with Crippen molar-refractivity contribution in [3.63, 3.8) is 0 Å². The van der Waals surface area contributed by atoms with E-state index in [1.54, 1.807) is 17.1 Å². The highest BCUT2D eigenvalue weighted by Crippen LogP contribution is 2.33. The lowest BCUT2D eigenvalue weighted by Gasteiger charge is -2.18. The van der Waals surface area contributed by atoms with E-state index in [-0.39, 0.29) is 5.91 Å². The van der Waals surface area contributed by atoms with Crippen LogP contribution < -0.4 is 4.90 Å². The fraction of sp³-hybridized carbons (Fsp3) is 0.143. The molecule has 3 nitrogen and oxygen atoms in total. The molecule has 3 aromatic rings. The maximum atomic E-state index is 12.8. The minimum absolute atomic E-state index is 0.110. The van der Waals surface area contributed by atoms with Gasteiger partial charge in [0.2, 0.25) is 0 Å². The number of thiazole rings is 1. The molecule has 0 radical (unpaired) electrons. The second-order valence-corrected chi connectivity index (χ2v) is 6.55. The van der Waals surface area contributed by atoms with Gasteiger partial charge < -0.3 is 0 Å². The molecule has 0 atom stereocenters. The first-order valence-electron chi connectivity index (χ1n) is 8.31. The Hall–Kier alpha value is -2.72. The van der Waals surface area contributed by atoms with Crippen LogP contribution in [-0.2, 0) is 11.2 Å². The lowest BCUT2D eigenvalue weighted by atomic mass is 10.1. The number of para-hydroxylation sites is 1. The minimum atomic E-state index is -0.110. The molecule has 0 saturated carbocycles. The highest BCUT2D eigenvalue weighted by atomic mass is 32.1. The molecule has 0 saturated heterocycles. The topological polar surface area (TPSA) is 33.2 Å². The van der Waals surface area contributed by atoms with Crippen molar-refractivity contribution in [2.24, 2.45) is 0 Å². The number of hydrogen-bond acceptors (Lipinski definition) is 3. The van der Waals surface area contributed by atoms with Crippen LogP contribution in [-0.4, -0.2) is 10.9 Å². The lowest BCUT2D eigenvalue weighted by molar-refractivity contribution is -0.113. The van der Waals surface area contributed by atoms with Crippen molar-refractivity contribution >= 4 is 38.3 Å². The summed E-state index contributed by atoms with van der Waals surface area (Å²) in [5.41, 5.74) is 2.97. The molecule has 1 aromatic heterocycles. The monoisotopic (exact) mass is 348 g/mol. The third-order valence-corrected chi connectivity index (χ3v) is 4.86. The van der Waals surface area contributed by atoms with Crippen LogP contribution in [0.2, 0.25) is 0 Å². The Kier molecular flexibility index (Phi) is 5.41. The Labute approximate surface area is 151 Å². The van der Waals surface area contributed by atoms with Crippen molar-refractivity contribution < 1.29 is 4.79 Å². The highest BCUT2D eigenvalue weighted by molar-refractivity contribution is 7.22. The lowest BCUT2D eigenvalue weighted by Crippen LogP contribution is -2.23. The average molecular weight is 348 g/mol. The van der Waals surface area contributed by atoms with E-state index in [2.05, 4.69) is 24.0 Å². The van der Waals surface area contributed by atoms with E-state index in [9.17, 15) is 4.79 Å². The quantitative estimate of drug-likeness (QED) is 0.440. The fourth-order valence-corrected chi connectivity index (χ4v) is 3.48. The van der Waals surface area contributed by atoms with Gasteiger partial charge in [-0.25, -0.2) is 4.98 Å². The van der Waals surface area contributed by atoms with Gasteiger partial charge in [0, 0.05) is 6.08 Å². The molecule has 0 N–H and O–H groups in total. The van der Waals surface area contributed by atoms with Gasteiger partial charge in [-0.2, -0.15) is 0 Å². The third-order valence-electron chi connectivity index (χ3n) is 3.84. The Bertz CT molecular complexity index is 889. The van der Waals surface area contributed by atoms with Crippen LogP contribution in [0.3, 0.4) is 0 Å². The first kappa shape index (κ1) is 17.1. The van der Waals surface area contributed by atoms with E-state index in [0.29, 0.717) is 5.13 Å². The fourth-order valence-electron chi connectivity index (χ4n) is 2.49. The molecule has 3 rings (SSSR count). The average Bonchev–Trinajstić information content (AvgIpc) is 3.06. The number of carbonyl (C=O) groups is 1. The number of anilines is 2. The van der Waals surface area contributed by atoms with Crippen molar-refractivity contribution in [2.45, 2.75) is 20.3 Å². The van der Waals surface area contributed by atoms with E-state index in [0.717, 1.165) is 22.3 Å². The Morgan fingerprint density at radius 1 is 1.12 bits per heavy atom. The number of carbonyl (C=O) groups excluding carboxylic acids is 1. The molecule has 0 aliphatic heterocycles. The van der Waals surface area contributed by atoms with Gasteiger partial charge in [-0.15, -0.1) is 0 Å². The molecule has 0 fully saturated rings. The number of fused-ring (bicyclic) bond motifs is 1. The van der Waals surface area contributed by atoms with Gasteiger partial charge in [-0.05, 0) is 43.2 Å². The smallest absolute Gasteiger partial charge is 0.257 e. The Balaban J connectivity index is 2.05. The van der Waals surface area contributed by atoms with E-state index >= 15 is 0 Å². The summed E-state index contributed by atoms with van der Waals surface area (Å²) in [6.45, 7) is 4.04. The van der Waals surface area contributed by atoms with E-state index in [1.165, 1.54) is 16.9 Å². The van der Waals surface area contributed by atoms with Crippen molar-refractivity contribution in [1.29, 1.82) is 0 Å². The third kappa shape index (κ3) is 3.86. The Morgan fingerprint density at radius 2 is 1.88 bits per heavy atom.